The van der Waals surface area contributed by atoms with Gasteiger partial charge >= 0.3 is 0 Å². The van der Waals surface area contributed by atoms with Gasteiger partial charge in [-0.05, 0) is 43.9 Å². The average molecular weight is 529 g/mol. The molecule has 0 aromatic heterocycles. The maximum atomic E-state index is 5.85. The predicted molar refractivity (Wildman–Crippen MR) is 131 cm³/mol. The molecule has 1 aliphatic carbocycles. The molecule has 2 aliphatic heterocycles. The Hall–Kier alpha value is -1.22. The minimum absolute atomic E-state index is 0. The molecule has 1 saturated carbocycles. The van der Waals surface area contributed by atoms with Crippen molar-refractivity contribution in [3.63, 3.8) is 0 Å². The highest BCUT2D eigenvalue weighted by atomic mass is 127. The third-order valence-corrected chi connectivity index (χ3v) is 6.50. The first-order valence-electron chi connectivity index (χ1n) is 11.2. The Kier molecular flexibility index (Phi) is 8.51. The quantitative estimate of drug-likeness (QED) is 0.345. The van der Waals surface area contributed by atoms with Gasteiger partial charge in [-0.2, -0.15) is 0 Å². The molecule has 1 atom stereocenters. The van der Waals surface area contributed by atoms with E-state index in [1.165, 1.54) is 31.2 Å². The number of guanidine groups is 1. The van der Waals surface area contributed by atoms with Gasteiger partial charge in [0.15, 0.2) is 17.5 Å². The first kappa shape index (κ1) is 23.4. The lowest BCUT2D eigenvalue weighted by molar-refractivity contribution is 0.171. The number of hydrogen-bond acceptors (Lipinski definition) is 4. The van der Waals surface area contributed by atoms with Crippen LogP contribution in [0.1, 0.15) is 44.6 Å². The molecule has 1 N–H and O–H groups in total. The van der Waals surface area contributed by atoms with E-state index in [-0.39, 0.29) is 29.4 Å². The molecule has 168 valence electrons. The Morgan fingerprint density at radius 2 is 1.93 bits per heavy atom. The second kappa shape index (κ2) is 10.9. The molecule has 4 rings (SSSR count). The SMILES string of the molecule is CCNC(=NCC1(c2ccc3c(c2)OCCO3)CCCC1)N(C)CC1CCOC1.I. The van der Waals surface area contributed by atoms with E-state index in [1.54, 1.807) is 0 Å². The van der Waals surface area contributed by atoms with Gasteiger partial charge in [-0.3, -0.25) is 4.99 Å². The summed E-state index contributed by atoms with van der Waals surface area (Å²) in [7, 11) is 2.14. The molecule has 0 amide bonds. The summed E-state index contributed by atoms with van der Waals surface area (Å²) in [5, 5.41) is 3.49. The van der Waals surface area contributed by atoms with E-state index in [0.717, 1.165) is 56.7 Å². The summed E-state index contributed by atoms with van der Waals surface area (Å²) in [6.45, 7) is 7.82. The highest BCUT2D eigenvalue weighted by molar-refractivity contribution is 14.0. The molecule has 1 unspecified atom stereocenters. The highest BCUT2D eigenvalue weighted by Crippen LogP contribution is 2.44. The number of rotatable bonds is 6. The fourth-order valence-electron chi connectivity index (χ4n) is 4.86. The van der Waals surface area contributed by atoms with Crippen LogP contribution in [0.3, 0.4) is 0 Å². The zero-order valence-electron chi connectivity index (χ0n) is 18.3. The Balaban J connectivity index is 0.00000256. The lowest BCUT2D eigenvalue weighted by Crippen LogP contribution is -2.42. The number of aliphatic imine (C=N–C) groups is 1. The van der Waals surface area contributed by atoms with E-state index < -0.39 is 0 Å². The number of fused-ring (bicyclic) bond motifs is 1. The van der Waals surface area contributed by atoms with Crippen LogP contribution in [0.5, 0.6) is 11.5 Å². The molecular formula is C23H36IN3O3. The van der Waals surface area contributed by atoms with Crippen molar-refractivity contribution in [1.29, 1.82) is 0 Å². The standard InChI is InChI=1S/C23H35N3O3.HI/c1-3-24-22(26(2)15-18-8-11-27-16-18)25-17-23(9-4-5-10-23)19-6-7-20-21(14-19)29-13-12-28-20;/h6-7,14,18H,3-5,8-13,15-17H2,1-2H3,(H,24,25);1H. The van der Waals surface area contributed by atoms with Crippen molar-refractivity contribution in [2.45, 2.75) is 44.4 Å². The van der Waals surface area contributed by atoms with Crippen LogP contribution in [0.15, 0.2) is 23.2 Å². The minimum Gasteiger partial charge on any atom is -0.486 e. The fraction of sp³-hybridized carbons (Fsp3) is 0.696. The number of nitrogens with one attached hydrogen (secondary N) is 1. The molecule has 1 aromatic carbocycles. The zero-order valence-corrected chi connectivity index (χ0v) is 20.7. The largest absolute Gasteiger partial charge is 0.486 e. The van der Waals surface area contributed by atoms with Crippen LogP contribution in [0.25, 0.3) is 0 Å². The maximum absolute atomic E-state index is 5.85. The third-order valence-electron chi connectivity index (χ3n) is 6.50. The van der Waals surface area contributed by atoms with Crippen LogP contribution in [-0.2, 0) is 10.2 Å². The van der Waals surface area contributed by atoms with Gasteiger partial charge in [0, 0.05) is 38.1 Å². The van der Waals surface area contributed by atoms with Crippen LogP contribution >= 0.6 is 24.0 Å². The molecular weight excluding hydrogens is 493 g/mol. The number of ether oxygens (including phenoxy) is 3. The molecule has 0 radical (unpaired) electrons. The molecule has 1 saturated heterocycles. The Labute approximate surface area is 197 Å². The van der Waals surface area contributed by atoms with E-state index in [2.05, 4.69) is 42.4 Å². The van der Waals surface area contributed by atoms with Gasteiger partial charge in [0.05, 0.1) is 13.2 Å². The molecule has 30 heavy (non-hydrogen) atoms. The van der Waals surface area contributed by atoms with Gasteiger partial charge in [0.1, 0.15) is 13.2 Å². The second-order valence-corrected chi connectivity index (χ2v) is 8.63. The summed E-state index contributed by atoms with van der Waals surface area (Å²) in [5.41, 5.74) is 1.43. The van der Waals surface area contributed by atoms with E-state index >= 15 is 0 Å². The van der Waals surface area contributed by atoms with E-state index in [1.807, 2.05) is 0 Å². The molecule has 1 aromatic rings. The van der Waals surface area contributed by atoms with E-state index in [0.29, 0.717) is 19.1 Å². The predicted octanol–water partition coefficient (Wildman–Crippen LogP) is 3.82. The van der Waals surface area contributed by atoms with Crippen molar-refractivity contribution in [3.8, 4) is 11.5 Å². The minimum atomic E-state index is 0. The van der Waals surface area contributed by atoms with Crippen LogP contribution in [0.4, 0.5) is 0 Å². The van der Waals surface area contributed by atoms with Crippen molar-refractivity contribution in [3.05, 3.63) is 23.8 Å². The van der Waals surface area contributed by atoms with Crippen molar-refractivity contribution in [1.82, 2.24) is 10.2 Å². The van der Waals surface area contributed by atoms with Crippen molar-refractivity contribution in [2.75, 3.05) is 53.1 Å². The lowest BCUT2D eigenvalue weighted by atomic mass is 9.79. The third kappa shape index (κ3) is 5.33. The first-order chi connectivity index (χ1) is 14.2. The fourth-order valence-corrected chi connectivity index (χ4v) is 4.86. The molecule has 0 spiro atoms. The first-order valence-corrected chi connectivity index (χ1v) is 11.2. The highest BCUT2D eigenvalue weighted by Gasteiger charge is 2.36. The van der Waals surface area contributed by atoms with Gasteiger partial charge in [0.25, 0.3) is 0 Å². The summed E-state index contributed by atoms with van der Waals surface area (Å²) in [6.07, 6.45) is 6.02. The van der Waals surface area contributed by atoms with Crippen molar-refractivity contribution in [2.24, 2.45) is 10.9 Å². The lowest BCUT2D eigenvalue weighted by Gasteiger charge is -2.31. The monoisotopic (exact) mass is 529 g/mol. The normalized spacial score (nSPS) is 22.5. The molecule has 2 fully saturated rings. The average Bonchev–Trinajstić information content (AvgIpc) is 3.43. The zero-order chi connectivity index (χ0) is 20.1. The van der Waals surface area contributed by atoms with Crippen LogP contribution in [0.2, 0.25) is 0 Å². The van der Waals surface area contributed by atoms with Crippen LogP contribution in [0, 0.1) is 5.92 Å². The van der Waals surface area contributed by atoms with Crippen molar-refractivity contribution < 1.29 is 14.2 Å². The molecule has 6 nitrogen and oxygen atoms in total. The topological polar surface area (TPSA) is 55.3 Å². The Bertz CT molecular complexity index is 716. The molecule has 0 bridgehead atoms. The van der Waals surface area contributed by atoms with Crippen LogP contribution < -0.4 is 14.8 Å². The van der Waals surface area contributed by atoms with Gasteiger partial charge in [0.2, 0.25) is 0 Å². The maximum Gasteiger partial charge on any atom is 0.193 e. The summed E-state index contributed by atoms with van der Waals surface area (Å²) < 4.78 is 17.1. The smallest absolute Gasteiger partial charge is 0.193 e. The Morgan fingerprint density at radius 3 is 2.63 bits per heavy atom. The molecule has 7 heteroatoms. The summed E-state index contributed by atoms with van der Waals surface area (Å²) >= 11 is 0. The number of halogens is 1. The summed E-state index contributed by atoms with van der Waals surface area (Å²) in [4.78, 5) is 7.39. The summed E-state index contributed by atoms with van der Waals surface area (Å²) in [6, 6.07) is 6.49. The number of hydrogen-bond donors (Lipinski definition) is 1. The Morgan fingerprint density at radius 1 is 1.17 bits per heavy atom. The van der Waals surface area contributed by atoms with Gasteiger partial charge < -0.3 is 24.4 Å². The van der Waals surface area contributed by atoms with Gasteiger partial charge in [-0.15, -0.1) is 24.0 Å². The van der Waals surface area contributed by atoms with E-state index in [4.69, 9.17) is 19.2 Å². The summed E-state index contributed by atoms with van der Waals surface area (Å²) in [5.74, 6) is 3.35. The number of benzene rings is 1. The molecule has 2 heterocycles. The van der Waals surface area contributed by atoms with Gasteiger partial charge in [-0.1, -0.05) is 18.9 Å². The van der Waals surface area contributed by atoms with E-state index in [9.17, 15) is 0 Å². The number of nitrogens with zero attached hydrogens (tertiary/aromatic N) is 2. The van der Waals surface area contributed by atoms with Gasteiger partial charge in [-0.25, -0.2) is 0 Å². The molecule has 3 aliphatic rings. The second-order valence-electron chi connectivity index (χ2n) is 8.63. The van der Waals surface area contributed by atoms with Crippen LogP contribution in [-0.4, -0.2) is 64.0 Å². The van der Waals surface area contributed by atoms with Crippen molar-refractivity contribution >= 4 is 29.9 Å².